The van der Waals surface area contributed by atoms with Gasteiger partial charge in [-0.3, -0.25) is 4.68 Å². The van der Waals surface area contributed by atoms with Gasteiger partial charge in [0.05, 0.1) is 6.54 Å². The van der Waals surface area contributed by atoms with Crippen molar-refractivity contribution >= 4 is 6.03 Å². The van der Waals surface area contributed by atoms with Gasteiger partial charge in [-0.25, -0.2) is 4.79 Å². The Morgan fingerprint density at radius 1 is 1.67 bits per heavy atom. The summed E-state index contributed by atoms with van der Waals surface area (Å²) in [6.07, 6.45) is 5.84. The van der Waals surface area contributed by atoms with Gasteiger partial charge in [-0.2, -0.15) is 5.10 Å². The number of carbonyl (C=O) groups is 1. The average Bonchev–Trinajstić information content (AvgIpc) is 2.80. The topological polar surface area (TPSA) is 59.0 Å². The van der Waals surface area contributed by atoms with Gasteiger partial charge in [-0.15, -0.1) is 0 Å². The van der Waals surface area contributed by atoms with Crippen LogP contribution in [-0.4, -0.2) is 27.9 Å². The Morgan fingerprint density at radius 2 is 2.47 bits per heavy atom. The van der Waals surface area contributed by atoms with Crippen LogP contribution in [0.5, 0.6) is 0 Å². The molecule has 0 spiro atoms. The maximum Gasteiger partial charge on any atom is 0.315 e. The van der Waals surface area contributed by atoms with Crippen LogP contribution < -0.4 is 10.6 Å². The highest BCUT2D eigenvalue weighted by atomic mass is 16.2. The molecule has 1 fully saturated rings. The number of rotatable bonds is 4. The average molecular weight is 208 g/mol. The lowest BCUT2D eigenvalue weighted by molar-refractivity contribution is 0.235. The van der Waals surface area contributed by atoms with Crippen molar-refractivity contribution in [2.45, 2.75) is 38.4 Å². The van der Waals surface area contributed by atoms with Gasteiger partial charge >= 0.3 is 6.03 Å². The smallest absolute Gasteiger partial charge is 0.315 e. The Bertz CT molecular complexity index is 318. The van der Waals surface area contributed by atoms with Crippen LogP contribution in [0.25, 0.3) is 0 Å². The van der Waals surface area contributed by atoms with Crippen molar-refractivity contribution in [1.29, 1.82) is 0 Å². The third-order valence-electron chi connectivity index (χ3n) is 2.31. The van der Waals surface area contributed by atoms with Gasteiger partial charge in [0.15, 0.2) is 0 Å². The van der Waals surface area contributed by atoms with Gasteiger partial charge in [-0.1, -0.05) is 0 Å². The number of nitrogens with one attached hydrogen (secondary N) is 2. The first-order valence-electron chi connectivity index (χ1n) is 5.28. The van der Waals surface area contributed by atoms with Crippen molar-refractivity contribution in [2.24, 2.45) is 0 Å². The van der Waals surface area contributed by atoms with E-state index < -0.39 is 0 Å². The first kappa shape index (κ1) is 10.0. The van der Waals surface area contributed by atoms with E-state index >= 15 is 0 Å². The minimum absolute atomic E-state index is 0.0721. The van der Waals surface area contributed by atoms with Crippen LogP contribution in [0.1, 0.15) is 19.8 Å². The summed E-state index contributed by atoms with van der Waals surface area (Å²) in [6.45, 7) is 2.67. The van der Waals surface area contributed by atoms with Gasteiger partial charge in [0.2, 0.25) is 0 Å². The summed E-state index contributed by atoms with van der Waals surface area (Å²) in [5.74, 6) is 0. The summed E-state index contributed by atoms with van der Waals surface area (Å²) in [5.41, 5.74) is 0. The number of aromatic nitrogens is 2. The molecular weight excluding hydrogens is 192 g/mol. The molecule has 1 aromatic rings. The predicted octanol–water partition coefficient (Wildman–Crippen LogP) is 0.733. The number of hydrogen-bond acceptors (Lipinski definition) is 2. The zero-order valence-electron chi connectivity index (χ0n) is 8.81. The van der Waals surface area contributed by atoms with Crippen molar-refractivity contribution in [3.05, 3.63) is 18.5 Å². The number of amides is 2. The van der Waals surface area contributed by atoms with Gasteiger partial charge in [-0.05, 0) is 25.8 Å². The highest BCUT2D eigenvalue weighted by molar-refractivity contribution is 5.74. The zero-order valence-corrected chi connectivity index (χ0v) is 8.81. The fourth-order valence-corrected chi connectivity index (χ4v) is 1.41. The van der Waals surface area contributed by atoms with Gasteiger partial charge < -0.3 is 10.6 Å². The first-order valence-corrected chi connectivity index (χ1v) is 5.28. The van der Waals surface area contributed by atoms with E-state index in [-0.39, 0.29) is 12.1 Å². The molecule has 2 amide bonds. The molecule has 5 nitrogen and oxygen atoms in total. The number of urea groups is 1. The molecule has 1 aliphatic rings. The van der Waals surface area contributed by atoms with Crippen LogP contribution in [0.3, 0.4) is 0 Å². The van der Waals surface area contributed by atoms with E-state index in [9.17, 15) is 4.79 Å². The predicted molar refractivity (Wildman–Crippen MR) is 56.4 cm³/mol. The molecule has 0 aromatic carbocycles. The van der Waals surface area contributed by atoms with Crippen molar-refractivity contribution in [3.63, 3.8) is 0 Å². The summed E-state index contributed by atoms with van der Waals surface area (Å²) in [5, 5.41) is 9.85. The van der Waals surface area contributed by atoms with Crippen LogP contribution in [0.4, 0.5) is 4.79 Å². The Labute approximate surface area is 88.8 Å². The molecule has 5 heteroatoms. The molecule has 1 aliphatic carbocycles. The van der Waals surface area contributed by atoms with Crippen LogP contribution in [0.2, 0.25) is 0 Å². The molecule has 1 aromatic heterocycles. The lowest BCUT2D eigenvalue weighted by Gasteiger charge is -2.14. The van der Waals surface area contributed by atoms with Gasteiger partial charge in [0.1, 0.15) is 0 Å². The maximum atomic E-state index is 11.4. The molecule has 0 radical (unpaired) electrons. The summed E-state index contributed by atoms with van der Waals surface area (Å²) in [6, 6.07) is 2.29. The Balaban J connectivity index is 1.71. The van der Waals surface area contributed by atoms with Crippen molar-refractivity contribution < 1.29 is 4.79 Å². The highest BCUT2D eigenvalue weighted by Crippen LogP contribution is 2.18. The van der Waals surface area contributed by atoms with Crippen molar-refractivity contribution in [2.75, 3.05) is 0 Å². The lowest BCUT2D eigenvalue weighted by Crippen LogP contribution is -2.43. The third-order valence-corrected chi connectivity index (χ3v) is 2.31. The molecule has 0 bridgehead atoms. The Kier molecular flexibility index (Phi) is 2.89. The Hall–Kier alpha value is -1.52. The van der Waals surface area contributed by atoms with E-state index in [0.717, 1.165) is 12.8 Å². The van der Waals surface area contributed by atoms with Crippen molar-refractivity contribution in [1.82, 2.24) is 20.4 Å². The van der Waals surface area contributed by atoms with Crippen LogP contribution >= 0.6 is 0 Å². The fraction of sp³-hybridized carbons (Fsp3) is 0.600. The maximum absolute atomic E-state index is 11.4. The third kappa shape index (κ3) is 3.27. The second-order valence-corrected chi connectivity index (χ2v) is 4.02. The normalized spacial score (nSPS) is 17.1. The molecule has 2 rings (SSSR count). The second-order valence-electron chi connectivity index (χ2n) is 4.02. The zero-order chi connectivity index (χ0) is 10.7. The lowest BCUT2D eigenvalue weighted by atomic mass is 10.3. The summed E-state index contributed by atoms with van der Waals surface area (Å²) < 4.78 is 1.81. The quantitative estimate of drug-likeness (QED) is 0.766. The molecule has 0 saturated heterocycles. The molecule has 1 atom stereocenters. The standard InChI is InChI=1S/C10H16N4O/c1-8(7-14-6-2-5-11-14)12-10(15)13-9-3-4-9/h2,5-6,8-9H,3-4,7H2,1H3,(H2,12,13,15)/t8-/m1/s1. The summed E-state index contributed by atoms with van der Waals surface area (Å²) >= 11 is 0. The second kappa shape index (κ2) is 4.33. The molecule has 15 heavy (non-hydrogen) atoms. The SMILES string of the molecule is C[C@H](Cn1cccn1)NC(=O)NC1CC1. The minimum Gasteiger partial charge on any atom is -0.335 e. The fourth-order valence-electron chi connectivity index (χ4n) is 1.41. The molecular formula is C10H16N4O. The van der Waals surface area contributed by atoms with Crippen LogP contribution in [0, 0.1) is 0 Å². The van der Waals surface area contributed by atoms with E-state index in [1.807, 2.05) is 23.9 Å². The number of nitrogens with zero attached hydrogens (tertiary/aromatic N) is 2. The minimum atomic E-state index is -0.0721. The molecule has 0 aliphatic heterocycles. The van der Waals surface area contributed by atoms with E-state index in [4.69, 9.17) is 0 Å². The number of hydrogen-bond donors (Lipinski definition) is 2. The molecule has 0 unspecified atom stereocenters. The molecule has 1 heterocycles. The molecule has 1 saturated carbocycles. The van der Waals surface area contributed by atoms with E-state index in [1.165, 1.54) is 0 Å². The summed E-state index contributed by atoms with van der Waals surface area (Å²) in [7, 11) is 0. The summed E-state index contributed by atoms with van der Waals surface area (Å²) in [4.78, 5) is 11.4. The van der Waals surface area contributed by atoms with E-state index in [0.29, 0.717) is 12.6 Å². The van der Waals surface area contributed by atoms with Crippen molar-refractivity contribution in [3.8, 4) is 0 Å². The molecule has 82 valence electrons. The number of carbonyl (C=O) groups excluding carboxylic acids is 1. The highest BCUT2D eigenvalue weighted by Gasteiger charge is 2.23. The van der Waals surface area contributed by atoms with E-state index in [2.05, 4.69) is 15.7 Å². The van der Waals surface area contributed by atoms with Crippen LogP contribution in [0.15, 0.2) is 18.5 Å². The van der Waals surface area contributed by atoms with Crippen LogP contribution in [-0.2, 0) is 6.54 Å². The van der Waals surface area contributed by atoms with E-state index in [1.54, 1.807) is 6.20 Å². The largest absolute Gasteiger partial charge is 0.335 e. The van der Waals surface area contributed by atoms with Gasteiger partial charge in [0.25, 0.3) is 0 Å². The monoisotopic (exact) mass is 208 g/mol. The first-order chi connectivity index (χ1) is 7.24. The Morgan fingerprint density at radius 3 is 3.07 bits per heavy atom. The molecule has 2 N–H and O–H groups in total. The van der Waals surface area contributed by atoms with Gasteiger partial charge in [0, 0.05) is 24.5 Å².